The van der Waals surface area contributed by atoms with Crippen molar-refractivity contribution in [1.29, 1.82) is 0 Å². The van der Waals surface area contributed by atoms with Crippen molar-refractivity contribution >= 4 is 17.1 Å². The molecule has 0 atom stereocenters. The quantitative estimate of drug-likeness (QED) is 0.814. The number of nitrogen functional groups attached to an aromatic ring is 1. The van der Waals surface area contributed by atoms with Gasteiger partial charge in [0.15, 0.2) is 0 Å². The standard InChI is InChI=1S/C15H17FN2/c1-10-4-5-15(11(2)6-10)18(3)14-8-12(16)7-13(17)9-14/h4-9H,17H2,1-3H3. The molecular weight excluding hydrogens is 227 g/mol. The highest BCUT2D eigenvalue weighted by Gasteiger charge is 2.08. The van der Waals surface area contributed by atoms with Crippen LogP contribution in [0, 0.1) is 19.7 Å². The molecule has 18 heavy (non-hydrogen) atoms. The Kier molecular flexibility index (Phi) is 3.24. The van der Waals surface area contributed by atoms with Crippen LogP contribution in [0.5, 0.6) is 0 Å². The van der Waals surface area contributed by atoms with Gasteiger partial charge in [-0.2, -0.15) is 0 Å². The number of hydrogen-bond donors (Lipinski definition) is 1. The van der Waals surface area contributed by atoms with Crippen LogP contribution in [0.15, 0.2) is 36.4 Å². The molecule has 3 heteroatoms. The summed E-state index contributed by atoms with van der Waals surface area (Å²) in [4.78, 5) is 1.94. The van der Waals surface area contributed by atoms with Crippen LogP contribution in [0.2, 0.25) is 0 Å². The van der Waals surface area contributed by atoms with Gasteiger partial charge in [-0.15, -0.1) is 0 Å². The first-order valence-corrected chi connectivity index (χ1v) is 5.84. The highest BCUT2D eigenvalue weighted by molar-refractivity contribution is 5.68. The second kappa shape index (κ2) is 4.69. The smallest absolute Gasteiger partial charge is 0.127 e. The average Bonchev–Trinajstić information content (AvgIpc) is 2.26. The third-order valence-corrected chi connectivity index (χ3v) is 3.01. The van der Waals surface area contributed by atoms with Gasteiger partial charge in [-0.1, -0.05) is 17.7 Å². The molecule has 0 aromatic heterocycles. The van der Waals surface area contributed by atoms with E-state index in [1.807, 2.05) is 31.0 Å². The van der Waals surface area contributed by atoms with Crippen molar-refractivity contribution < 1.29 is 4.39 Å². The number of anilines is 3. The summed E-state index contributed by atoms with van der Waals surface area (Å²) in [7, 11) is 1.91. The van der Waals surface area contributed by atoms with Gasteiger partial charge in [0.2, 0.25) is 0 Å². The van der Waals surface area contributed by atoms with E-state index in [2.05, 4.69) is 13.0 Å². The monoisotopic (exact) mass is 244 g/mol. The van der Waals surface area contributed by atoms with Crippen LogP contribution in [0.1, 0.15) is 11.1 Å². The van der Waals surface area contributed by atoms with E-state index >= 15 is 0 Å². The zero-order chi connectivity index (χ0) is 13.3. The lowest BCUT2D eigenvalue weighted by Gasteiger charge is -2.22. The molecule has 0 aliphatic carbocycles. The maximum absolute atomic E-state index is 13.4. The van der Waals surface area contributed by atoms with Crippen molar-refractivity contribution in [3.8, 4) is 0 Å². The van der Waals surface area contributed by atoms with Gasteiger partial charge in [0.05, 0.1) is 0 Å². The van der Waals surface area contributed by atoms with E-state index in [0.717, 1.165) is 16.9 Å². The third-order valence-electron chi connectivity index (χ3n) is 3.01. The van der Waals surface area contributed by atoms with E-state index in [1.165, 1.54) is 17.7 Å². The molecule has 0 fully saturated rings. The predicted octanol–water partition coefficient (Wildman–Crippen LogP) is 3.79. The minimum atomic E-state index is -0.318. The fraction of sp³-hybridized carbons (Fsp3) is 0.200. The number of rotatable bonds is 2. The van der Waals surface area contributed by atoms with Crippen molar-refractivity contribution in [3.63, 3.8) is 0 Å². The third kappa shape index (κ3) is 2.45. The maximum Gasteiger partial charge on any atom is 0.127 e. The Morgan fingerprint density at radius 1 is 1.06 bits per heavy atom. The maximum atomic E-state index is 13.4. The van der Waals surface area contributed by atoms with E-state index in [9.17, 15) is 4.39 Å². The Balaban J connectivity index is 2.44. The number of benzene rings is 2. The van der Waals surface area contributed by atoms with Gasteiger partial charge in [0.1, 0.15) is 5.82 Å². The van der Waals surface area contributed by atoms with Crippen LogP contribution < -0.4 is 10.6 Å². The van der Waals surface area contributed by atoms with Crippen molar-refractivity contribution in [3.05, 3.63) is 53.3 Å². The molecule has 0 bridgehead atoms. The SMILES string of the molecule is Cc1ccc(N(C)c2cc(N)cc(F)c2)c(C)c1. The second-order valence-corrected chi connectivity index (χ2v) is 4.59. The highest BCUT2D eigenvalue weighted by Crippen LogP contribution is 2.29. The lowest BCUT2D eigenvalue weighted by atomic mass is 10.1. The molecule has 0 saturated heterocycles. The van der Waals surface area contributed by atoms with Gasteiger partial charge in [0, 0.05) is 24.1 Å². The minimum Gasteiger partial charge on any atom is -0.399 e. The lowest BCUT2D eigenvalue weighted by molar-refractivity contribution is 0.628. The first-order valence-electron chi connectivity index (χ1n) is 5.84. The first kappa shape index (κ1) is 12.4. The summed E-state index contributed by atoms with van der Waals surface area (Å²) in [5.41, 5.74) is 10.3. The highest BCUT2D eigenvalue weighted by atomic mass is 19.1. The predicted molar refractivity (Wildman–Crippen MR) is 74.8 cm³/mol. The van der Waals surface area contributed by atoms with E-state index in [0.29, 0.717) is 5.69 Å². The summed E-state index contributed by atoms with van der Waals surface area (Å²) in [6, 6.07) is 10.7. The Labute approximate surface area is 107 Å². The number of nitrogens with zero attached hydrogens (tertiary/aromatic N) is 1. The summed E-state index contributed by atoms with van der Waals surface area (Å²) < 4.78 is 13.4. The lowest BCUT2D eigenvalue weighted by Crippen LogP contribution is -2.11. The molecule has 0 aliphatic heterocycles. The fourth-order valence-electron chi connectivity index (χ4n) is 2.11. The molecule has 94 valence electrons. The summed E-state index contributed by atoms with van der Waals surface area (Å²) in [5.74, 6) is -0.318. The Morgan fingerprint density at radius 2 is 1.78 bits per heavy atom. The summed E-state index contributed by atoms with van der Waals surface area (Å²) in [6.07, 6.45) is 0. The largest absolute Gasteiger partial charge is 0.399 e. The number of halogens is 1. The molecule has 0 aliphatic rings. The Hall–Kier alpha value is -2.03. The summed E-state index contributed by atoms with van der Waals surface area (Å²) >= 11 is 0. The Morgan fingerprint density at radius 3 is 2.39 bits per heavy atom. The van der Waals surface area contributed by atoms with E-state index in [-0.39, 0.29) is 5.82 Å². The zero-order valence-electron chi connectivity index (χ0n) is 10.9. The van der Waals surface area contributed by atoms with Gasteiger partial charge in [0.25, 0.3) is 0 Å². The number of hydrogen-bond acceptors (Lipinski definition) is 2. The Bertz CT molecular complexity index is 558. The summed E-state index contributed by atoms with van der Waals surface area (Å²) in [5, 5.41) is 0. The molecule has 2 N–H and O–H groups in total. The van der Waals surface area contributed by atoms with Gasteiger partial charge in [-0.3, -0.25) is 0 Å². The molecule has 2 aromatic carbocycles. The second-order valence-electron chi connectivity index (χ2n) is 4.59. The molecule has 0 spiro atoms. The molecule has 0 amide bonds. The van der Waals surface area contributed by atoms with Crippen LogP contribution >= 0.6 is 0 Å². The van der Waals surface area contributed by atoms with Crippen molar-refractivity contribution in [2.75, 3.05) is 17.7 Å². The van der Waals surface area contributed by atoms with Crippen LogP contribution in [0.3, 0.4) is 0 Å². The van der Waals surface area contributed by atoms with Crippen LogP contribution in [-0.4, -0.2) is 7.05 Å². The number of aryl methyl sites for hydroxylation is 2. The molecule has 2 aromatic rings. The van der Waals surface area contributed by atoms with Gasteiger partial charge in [-0.05, 0) is 43.7 Å². The molecule has 0 saturated carbocycles. The van der Waals surface area contributed by atoms with Crippen molar-refractivity contribution in [2.45, 2.75) is 13.8 Å². The van der Waals surface area contributed by atoms with Crippen molar-refractivity contribution in [1.82, 2.24) is 0 Å². The minimum absolute atomic E-state index is 0.318. The van der Waals surface area contributed by atoms with E-state index < -0.39 is 0 Å². The van der Waals surface area contributed by atoms with Gasteiger partial charge < -0.3 is 10.6 Å². The molecule has 0 heterocycles. The first-order chi connectivity index (χ1) is 8.47. The number of nitrogens with two attached hydrogens (primary N) is 1. The van der Waals surface area contributed by atoms with E-state index in [1.54, 1.807) is 6.07 Å². The molecule has 2 nitrogen and oxygen atoms in total. The summed E-state index contributed by atoms with van der Waals surface area (Å²) in [6.45, 7) is 4.10. The van der Waals surface area contributed by atoms with Gasteiger partial charge in [-0.25, -0.2) is 4.39 Å². The van der Waals surface area contributed by atoms with Crippen LogP contribution in [-0.2, 0) is 0 Å². The van der Waals surface area contributed by atoms with Crippen LogP contribution in [0.25, 0.3) is 0 Å². The fourth-order valence-corrected chi connectivity index (χ4v) is 2.11. The molecule has 0 unspecified atom stereocenters. The average molecular weight is 244 g/mol. The molecule has 2 rings (SSSR count). The van der Waals surface area contributed by atoms with Gasteiger partial charge >= 0.3 is 0 Å². The van der Waals surface area contributed by atoms with Crippen LogP contribution in [0.4, 0.5) is 21.5 Å². The molecule has 0 radical (unpaired) electrons. The topological polar surface area (TPSA) is 29.3 Å². The van der Waals surface area contributed by atoms with Crippen molar-refractivity contribution in [2.24, 2.45) is 0 Å². The zero-order valence-corrected chi connectivity index (χ0v) is 10.9. The molecular formula is C15H17FN2. The van der Waals surface area contributed by atoms with E-state index in [4.69, 9.17) is 5.73 Å². The normalized spacial score (nSPS) is 10.4.